The van der Waals surface area contributed by atoms with Crippen LogP contribution >= 0.6 is 0 Å². The Balaban J connectivity index is 1.66. The Morgan fingerprint density at radius 1 is 0.826 bits per heavy atom. The smallest absolute Gasteiger partial charge is 0.00946 e. The number of hydrogen-bond acceptors (Lipinski definition) is 1. The summed E-state index contributed by atoms with van der Waals surface area (Å²) in [5.74, 6) is 3.44. The van der Waals surface area contributed by atoms with Crippen LogP contribution in [0.4, 0.5) is 0 Å². The second-order valence-electron chi connectivity index (χ2n) is 10.5. The first-order valence-electron chi connectivity index (χ1n) is 10.4. The highest BCUT2D eigenvalue weighted by molar-refractivity contribution is 5.82. The second-order valence-corrected chi connectivity index (χ2v) is 10.5. The van der Waals surface area contributed by atoms with E-state index in [1.165, 1.54) is 64.2 Å². The van der Waals surface area contributed by atoms with Crippen LogP contribution in [0.15, 0.2) is 0 Å². The van der Waals surface area contributed by atoms with Crippen molar-refractivity contribution in [1.29, 1.82) is 5.41 Å². The van der Waals surface area contributed by atoms with Crippen LogP contribution in [0.25, 0.3) is 0 Å². The third kappa shape index (κ3) is 2.00. The molecule has 7 unspecified atom stereocenters. The van der Waals surface area contributed by atoms with Crippen molar-refractivity contribution in [2.75, 3.05) is 0 Å². The van der Waals surface area contributed by atoms with E-state index in [1.807, 2.05) is 0 Å². The van der Waals surface area contributed by atoms with Crippen molar-refractivity contribution in [2.24, 2.45) is 39.9 Å². The van der Waals surface area contributed by atoms with Gasteiger partial charge < -0.3 is 5.41 Å². The fourth-order valence-electron chi connectivity index (χ4n) is 8.32. The molecule has 1 heteroatoms. The van der Waals surface area contributed by atoms with Gasteiger partial charge in [-0.2, -0.15) is 0 Å². The van der Waals surface area contributed by atoms with E-state index in [4.69, 9.17) is 5.41 Å². The van der Waals surface area contributed by atoms with Crippen LogP contribution in [-0.2, 0) is 0 Å². The molecular formula is C22H37N. The van der Waals surface area contributed by atoms with Gasteiger partial charge in [0.15, 0.2) is 0 Å². The molecule has 0 aliphatic heterocycles. The summed E-state index contributed by atoms with van der Waals surface area (Å²) in [6, 6.07) is 0. The highest BCUT2D eigenvalue weighted by atomic mass is 14.7. The highest BCUT2D eigenvalue weighted by Crippen LogP contribution is 2.70. The van der Waals surface area contributed by atoms with Gasteiger partial charge in [0, 0.05) is 11.6 Å². The summed E-state index contributed by atoms with van der Waals surface area (Å²) >= 11 is 0. The standard InChI is InChI=1S/C22H37N/c1-15(23)17-7-8-18-16-9-13-20(2)11-5-6-12-22(20,4)19(16)10-14-21(17,18)3/h16-19,23H,5-14H2,1-4H3. The van der Waals surface area contributed by atoms with E-state index in [9.17, 15) is 0 Å². The zero-order valence-corrected chi connectivity index (χ0v) is 15.9. The van der Waals surface area contributed by atoms with Crippen molar-refractivity contribution in [1.82, 2.24) is 0 Å². The molecule has 1 N–H and O–H groups in total. The van der Waals surface area contributed by atoms with Gasteiger partial charge in [-0.05, 0) is 92.3 Å². The quantitative estimate of drug-likeness (QED) is 0.536. The number of fused-ring (bicyclic) bond motifs is 5. The summed E-state index contributed by atoms with van der Waals surface area (Å²) < 4.78 is 0. The van der Waals surface area contributed by atoms with E-state index in [-0.39, 0.29) is 0 Å². The molecule has 0 radical (unpaired) electrons. The summed E-state index contributed by atoms with van der Waals surface area (Å²) in [7, 11) is 0. The minimum atomic E-state index is 0.450. The predicted octanol–water partition coefficient (Wildman–Crippen LogP) is 6.47. The third-order valence-electron chi connectivity index (χ3n) is 9.86. The van der Waals surface area contributed by atoms with E-state index in [1.54, 1.807) is 0 Å². The number of rotatable bonds is 1. The molecule has 4 saturated carbocycles. The maximum Gasteiger partial charge on any atom is 0.00946 e. The monoisotopic (exact) mass is 315 g/mol. The third-order valence-corrected chi connectivity index (χ3v) is 9.86. The van der Waals surface area contributed by atoms with E-state index >= 15 is 0 Å². The molecule has 23 heavy (non-hydrogen) atoms. The molecule has 0 aromatic carbocycles. The van der Waals surface area contributed by atoms with Gasteiger partial charge in [0.25, 0.3) is 0 Å². The van der Waals surface area contributed by atoms with Gasteiger partial charge >= 0.3 is 0 Å². The van der Waals surface area contributed by atoms with E-state index in [2.05, 4.69) is 27.7 Å². The Kier molecular flexibility index (Phi) is 3.57. The SMILES string of the molecule is CC(=N)C1CCC2C3CCC4(C)CCCCC4(C)C3CCC12C. The van der Waals surface area contributed by atoms with Gasteiger partial charge in [-0.1, -0.05) is 33.6 Å². The molecule has 7 atom stereocenters. The van der Waals surface area contributed by atoms with Crippen LogP contribution in [0.2, 0.25) is 0 Å². The Morgan fingerprint density at radius 3 is 2.30 bits per heavy atom. The topological polar surface area (TPSA) is 23.9 Å². The maximum atomic E-state index is 8.29. The van der Waals surface area contributed by atoms with Crippen LogP contribution < -0.4 is 0 Å². The lowest BCUT2D eigenvalue weighted by molar-refractivity contribution is -0.149. The molecule has 0 aromatic heterocycles. The molecule has 4 rings (SSSR count). The first-order chi connectivity index (χ1) is 10.8. The molecule has 1 nitrogen and oxygen atoms in total. The highest BCUT2D eigenvalue weighted by Gasteiger charge is 2.62. The van der Waals surface area contributed by atoms with E-state index in [0.29, 0.717) is 22.2 Å². The van der Waals surface area contributed by atoms with Crippen molar-refractivity contribution in [3.05, 3.63) is 0 Å². The molecule has 4 aliphatic carbocycles. The van der Waals surface area contributed by atoms with Crippen LogP contribution in [0.3, 0.4) is 0 Å². The van der Waals surface area contributed by atoms with Crippen molar-refractivity contribution >= 4 is 5.71 Å². The first kappa shape index (κ1) is 16.2. The summed E-state index contributed by atoms with van der Waals surface area (Å²) in [5, 5.41) is 8.29. The molecule has 0 spiro atoms. The Morgan fingerprint density at radius 2 is 1.57 bits per heavy atom. The van der Waals surface area contributed by atoms with Crippen LogP contribution in [0, 0.1) is 45.3 Å². The molecule has 4 aliphatic rings. The first-order valence-corrected chi connectivity index (χ1v) is 10.4. The lowest BCUT2D eigenvalue weighted by Gasteiger charge is -2.64. The zero-order chi connectivity index (χ0) is 16.5. The van der Waals surface area contributed by atoms with Crippen LogP contribution in [0.5, 0.6) is 0 Å². The fraction of sp³-hybridized carbons (Fsp3) is 0.955. The number of nitrogens with one attached hydrogen (secondary N) is 1. The fourth-order valence-corrected chi connectivity index (χ4v) is 8.32. The van der Waals surface area contributed by atoms with Gasteiger partial charge in [0.1, 0.15) is 0 Å². The summed E-state index contributed by atoms with van der Waals surface area (Å²) in [4.78, 5) is 0. The van der Waals surface area contributed by atoms with Gasteiger partial charge in [0.05, 0.1) is 0 Å². The maximum absolute atomic E-state index is 8.29. The molecule has 0 heterocycles. The van der Waals surface area contributed by atoms with E-state index in [0.717, 1.165) is 23.5 Å². The average molecular weight is 316 g/mol. The summed E-state index contributed by atoms with van der Waals surface area (Å²) in [5.41, 5.74) is 2.65. The molecule has 0 saturated heterocycles. The average Bonchev–Trinajstić information content (AvgIpc) is 2.85. The Labute approximate surface area is 143 Å². The Bertz CT molecular complexity index is 510. The second kappa shape index (κ2) is 5.09. The normalized spacial score (nSPS) is 55.7. The Hall–Kier alpha value is -0.330. The molecular weight excluding hydrogens is 278 g/mol. The molecule has 4 fully saturated rings. The molecule has 0 amide bonds. The van der Waals surface area contributed by atoms with Gasteiger partial charge in [-0.25, -0.2) is 0 Å². The van der Waals surface area contributed by atoms with Gasteiger partial charge in [-0.3, -0.25) is 0 Å². The molecule has 0 bridgehead atoms. The lowest BCUT2D eigenvalue weighted by Crippen LogP contribution is -2.56. The predicted molar refractivity (Wildman–Crippen MR) is 97.9 cm³/mol. The zero-order valence-electron chi connectivity index (χ0n) is 15.9. The van der Waals surface area contributed by atoms with Crippen molar-refractivity contribution in [3.63, 3.8) is 0 Å². The van der Waals surface area contributed by atoms with Crippen molar-refractivity contribution < 1.29 is 0 Å². The van der Waals surface area contributed by atoms with Crippen molar-refractivity contribution in [3.8, 4) is 0 Å². The van der Waals surface area contributed by atoms with Crippen LogP contribution in [0.1, 0.15) is 91.9 Å². The van der Waals surface area contributed by atoms with Gasteiger partial charge in [-0.15, -0.1) is 0 Å². The van der Waals surface area contributed by atoms with Gasteiger partial charge in [0.2, 0.25) is 0 Å². The van der Waals surface area contributed by atoms with Crippen LogP contribution in [-0.4, -0.2) is 5.71 Å². The summed E-state index contributed by atoms with van der Waals surface area (Å²) in [6.45, 7) is 9.95. The minimum absolute atomic E-state index is 0.450. The molecule has 130 valence electrons. The summed E-state index contributed by atoms with van der Waals surface area (Å²) in [6.07, 6.45) is 14.4. The van der Waals surface area contributed by atoms with E-state index < -0.39 is 0 Å². The largest absolute Gasteiger partial charge is 0.310 e. The van der Waals surface area contributed by atoms with Crippen molar-refractivity contribution in [2.45, 2.75) is 91.9 Å². The minimum Gasteiger partial charge on any atom is -0.310 e. The lowest BCUT2D eigenvalue weighted by atomic mass is 9.40. The number of hydrogen-bond donors (Lipinski definition) is 1. The molecule has 0 aromatic rings.